The summed E-state index contributed by atoms with van der Waals surface area (Å²) in [5, 5.41) is 20.0. The summed E-state index contributed by atoms with van der Waals surface area (Å²) in [5.74, 6) is 2.63. The molecule has 3 aliphatic heterocycles. The fraction of sp³-hybridized carbons (Fsp3) is 0.600. The second-order valence-corrected chi connectivity index (χ2v) is 22.8. The first-order valence-corrected chi connectivity index (χ1v) is 27.8. The molecule has 1 aromatic carbocycles. The highest BCUT2D eigenvalue weighted by Gasteiger charge is 2.45. The average molecular weight is 1050 g/mol. The molecule has 0 bridgehead atoms. The number of hydrogen-bond donors (Lipinski definition) is 4. The molecule has 75 heavy (non-hydrogen) atoms. The van der Waals surface area contributed by atoms with Crippen molar-refractivity contribution in [2.45, 2.75) is 124 Å². The quantitative estimate of drug-likeness (QED) is 0.0545. The number of aryl methyl sites for hydroxylation is 1. The number of amides is 3. The number of carbonyl (C=O) groups is 3. The molecule has 20 heteroatoms. The number of piperazine rings is 1. The van der Waals surface area contributed by atoms with Crippen molar-refractivity contribution in [2.24, 2.45) is 11.3 Å². The molecule has 3 amide bonds. The number of benzene rings is 1. The van der Waals surface area contributed by atoms with Gasteiger partial charge in [-0.2, -0.15) is 4.98 Å². The second-order valence-electron chi connectivity index (χ2n) is 22.0. The maximum absolute atomic E-state index is 14.1. The Kier molecular flexibility index (Phi) is 18.9. The van der Waals surface area contributed by atoms with E-state index < -0.39 is 35.4 Å². The van der Waals surface area contributed by atoms with Crippen molar-refractivity contribution in [3.63, 3.8) is 0 Å². The Morgan fingerprint density at radius 2 is 1.56 bits per heavy atom. The van der Waals surface area contributed by atoms with E-state index in [1.165, 1.54) is 4.90 Å². The summed E-state index contributed by atoms with van der Waals surface area (Å²) in [6, 6.07) is 9.95. The lowest BCUT2D eigenvalue weighted by atomic mass is 9.85. The van der Waals surface area contributed by atoms with E-state index in [-0.39, 0.29) is 37.6 Å². The lowest BCUT2D eigenvalue weighted by molar-refractivity contribution is -0.144. The van der Waals surface area contributed by atoms with E-state index in [0.29, 0.717) is 31.5 Å². The van der Waals surface area contributed by atoms with Gasteiger partial charge in [0.05, 0.1) is 39.9 Å². The standard InChI is InChI=1S/C55H79N13O6S/c1-36(2)68-44-30-47(61-46-15-18-56-54(62-46)66-21-16-37(3)17-22-66)57-31-43(44)60-48(68)33-73-27-9-19-64-23-25-65(26-24-64)20-10-28-74-34-49(70)63-51(55(6,7)8)53(72)67-32-42(69)29-45(67)52(71)59-38(4)40-11-13-41(14-12-40)50-39(5)58-35-75-50/h11-15,18,30-31,35-38,42,45,51,69H,9-10,16-17,19-29,32-34H2,1-8H3,(H,59,71)(H,63,70)(H,56,57,61,62)/t38-,42+,45-,51+/m0/s1. The normalized spacial score (nSPS) is 19.0. The number of imidazole rings is 1. The number of nitrogens with one attached hydrogen (secondary N) is 3. The number of piperidine rings is 1. The van der Waals surface area contributed by atoms with E-state index in [0.717, 1.165) is 128 Å². The van der Waals surface area contributed by atoms with E-state index in [1.807, 2.05) is 82.7 Å². The van der Waals surface area contributed by atoms with Gasteiger partial charge in [-0.25, -0.2) is 19.9 Å². The Balaban J connectivity index is 0.711. The van der Waals surface area contributed by atoms with Crippen LogP contribution in [0.3, 0.4) is 0 Å². The Morgan fingerprint density at radius 1 is 0.867 bits per heavy atom. The summed E-state index contributed by atoms with van der Waals surface area (Å²) < 4.78 is 14.2. The molecular weight excluding hydrogens is 971 g/mol. The first kappa shape index (κ1) is 55.6. The molecule has 3 aliphatic rings. The predicted octanol–water partition coefficient (Wildman–Crippen LogP) is 6.52. The fourth-order valence-electron chi connectivity index (χ4n) is 10.3. The summed E-state index contributed by atoms with van der Waals surface area (Å²) >= 11 is 1.58. The van der Waals surface area contributed by atoms with Crippen LogP contribution in [0.15, 0.2) is 54.3 Å². The van der Waals surface area contributed by atoms with Crippen molar-refractivity contribution in [2.75, 3.05) is 88.9 Å². The highest BCUT2D eigenvalue weighted by Crippen LogP contribution is 2.31. The monoisotopic (exact) mass is 1050 g/mol. The first-order chi connectivity index (χ1) is 36.0. The molecule has 406 valence electrons. The summed E-state index contributed by atoms with van der Waals surface area (Å²) in [4.78, 5) is 74.0. The number of thiazole rings is 1. The largest absolute Gasteiger partial charge is 0.391 e. The van der Waals surface area contributed by atoms with Crippen molar-refractivity contribution >= 4 is 57.7 Å². The molecule has 5 aromatic rings. The molecule has 4 atom stereocenters. The van der Waals surface area contributed by atoms with Crippen LogP contribution in [-0.2, 0) is 30.5 Å². The first-order valence-electron chi connectivity index (χ1n) is 26.9. The van der Waals surface area contributed by atoms with E-state index in [2.05, 4.69) is 70.9 Å². The van der Waals surface area contributed by atoms with Crippen LogP contribution in [0.4, 0.5) is 17.6 Å². The van der Waals surface area contributed by atoms with Crippen LogP contribution in [0.5, 0.6) is 0 Å². The van der Waals surface area contributed by atoms with Crippen LogP contribution in [-0.4, -0.2) is 164 Å². The number of likely N-dealkylation sites (tertiary alicyclic amines) is 1. The fourth-order valence-corrected chi connectivity index (χ4v) is 11.1. The summed E-state index contributed by atoms with van der Waals surface area (Å²) in [7, 11) is 0. The van der Waals surface area contributed by atoms with Gasteiger partial charge in [-0.15, -0.1) is 11.3 Å². The van der Waals surface area contributed by atoms with Crippen molar-refractivity contribution in [1.29, 1.82) is 0 Å². The van der Waals surface area contributed by atoms with Gasteiger partial charge in [0.25, 0.3) is 0 Å². The minimum absolute atomic E-state index is 0.00512. The molecule has 4 aromatic heterocycles. The smallest absolute Gasteiger partial charge is 0.246 e. The van der Waals surface area contributed by atoms with E-state index >= 15 is 0 Å². The molecule has 3 fully saturated rings. The van der Waals surface area contributed by atoms with Gasteiger partial charge >= 0.3 is 0 Å². The molecule has 0 saturated carbocycles. The van der Waals surface area contributed by atoms with E-state index in [4.69, 9.17) is 19.4 Å². The third-order valence-corrected chi connectivity index (χ3v) is 15.6. The number of aromatic nitrogens is 6. The minimum Gasteiger partial charge on any atom is -0.391 e. The van der Waals surface area contributed by atoms with Gasteiger partial charge in [-0.05, 0) is 81.9 Å². The van der Waals surface area contributed by atoms with Crippen LogP contribution in [0.1, 0.15) is 110 Å². The van der Waals surface area contributed by atoms with E-state index in [9.17, 15) is 19.5 Å². The number of pyridine rings is 1. The van der Waals surface area contributed by atoms with Crippen molar-refractivity contribution in [1.82, 2.24) is 54.8 Å². The van der Waals surface area contributed by atoms with Crippen LogP contribution in [0, 0.1) is 18.3 Å². The van der Waals surface area contributed by atoms with Gasteiger partial charge in [0.1, 0.15) is 48.3 Å². The minimum atomic E-state index is -0.929. The number of ether oxygens (including phenoxy) is 2. The van der Waals surface area contributed by atoms with Gasteiger partial charge in [-0.1, -0.05) is 52.0 Å². The SMILES string of the molecule is Cc1ncsc1-c1ccc([C@H](C)NC(=O)[C@@H]2C[C@@H](O)CN2C(=O)[C@@H](NC(=O)COCCCN2CCN(CCCOCc3nc4cnc(Nc5ccnc(N6CCC(C)CC6)n5)cc4n3C(C)C)CC2)C(C)(C)C)cc1. The molecule has 7 heterocycles. The van der Waals surface area contributed by atoms with Gasteiger partial charge in [0.15, 0.2) is 0 Å². The van der Waals surface area contributed by atoms with Crippen molar-refractivity contribution in [3.05, 3.63) is 71.4 Å². The zero-order chi connectivity index (χ0) is 53.2. The maximum atomic E-state index is 14.1. The lowest BCUT2D eigenvalue weighted by Gasteiger charge is -2.35. The van der Waals surface area contributed by atoms with Gasteiger partial charge in [0.2, 0.25) is 23.7 Å². The zero-order valence-corrected chi connectivity index (χ0v) is 46.1. The third-order valence-electron chi connectivity index (χ3n) is 14.6. The molecule has 19 nitrogen and oxygen atoms in total. The van der Waals surface area contributed by atoms with Crippen LogP contribution in [0.2, 0.25) is 0 Å². The molecule has 0 radical (unpaired) electrons. The second kappa shape index (κ2) is 25.5. The number of carbonyl (C=O) groups excluding carboxylic acids is 3. The molecular formula is C55H79N13O6S. The number of aliphatic hydroxyl groups is 1. The molecule has 0 unspecified atom stereocenters. The Hall–Kier alpha value is -5.64. The Labute approximate surface area is 446 Å². The Bertz CT molecular complexity index is 2670. The van der Waals surface area contributed by atoms with Crippen molar-refractivity contribution in [3.8, 4) is 10.4 Å². The van der Waals surface area contributed by atoms with Crippen LogP contribution in [0.25, 0.3) is 21.5 Å². The highest BCUT2D eigenvalue weighted by atomic mass is 32.1. The molecule has 8 rings (SSSR count). The number of aliphatic hydroxyl groups excluding tert-OH is 1. The topological polar surface area (TPSA) is 208 Å². The number of nitrogens with zero attached hydrogens (tertiary/aromatic N) is 10. The van der Waals surface area contributed by atoms with Crippen LogP contribution < -0.4 is 20.9 Å². The summed E-state index contributed by atoms with van der Waals surface area (Å²) in [6.45, 7) is 25.0. The average Bonchev–Trinajstić information content (AvgIpc) is 4.11. The summed E-state index contributed by atoms with van der Waals surface area (Å²) in [5.41, 5.74) is 5.93. The number of hydrogen-bond acceptors (Lipinski definition) is 16. The summed E-state index contributed by atoms with van der Waals surface area (Å²) in [6.07, 6.45) is 6.86. The van der Waals surface area contributed by atoms with Gasteiger partial charge < -0.3 is 54.7 Å². The molecule has 0 spiro atoms. The van der Waals surface area contributed by atoms with Gasteiger partial charge in [0, 0.05) is 96.8 Å². The maximum Gasteiger partial charge on any atom is 0.246 e. The third kappa shape index (κ3) is 14.6. The molecule has 0 aliphatic carbocycles. The van der Waals surface area contributed by atoms with E-state index in [1.54, 1.807) is 17.5 Å². The number of fused-ring (bicyclic) bond motifs is 1. The number of rotatable bonds is 22. The molecule has 3 saturated heterocycles. The van der Waals surface area contributed by atoms with Gasteiger partial charge in [-0.3, -0.25) is 14.4 Å². The highest BCUT2D eigenvalue weighted by molar-refractivity contribution is 7.13. The zero-order valence-electron chi connectivity index (χ0n) is 45.3. The Morgan fingerprint density at radius 3 is 2.21 bits per heavy atom. The predicted molar refractivity (Wildman–Crippen MR) is 293 cm³/mol. The molecule has 4 N–H and O–H groups in total. The lowest BCUT2D eigenvalue weighted by Crippen LogP contribution is -2.58. The number of anilines is 3. The van der Waals surface area contributed by atoms with Crippen LogP contribution >= 0.6 is 11.3 Å². The number of β-amino-alcohol motifs (C(OH)–C–C–N with tert-alkyl or cyclic N) is 1. The van der Waals surface area contributed by atoms with Crippen molar-refractivity contribution < 1.29 is 29.0 Å².